The summed E-state index contributed by atoms with van der Waals surface area (Å²) in [6.07, 6.45) is 5.82. The molecule has 2 aliphatic rings. The van der Waals surface area contributed by atoms with Crippen LogP contribution in [0.25, 0.3) is 0 Å². The first-order valence-corrected chi connectivity index (χ1v) is 7.83. The zero-order chi connectivity index (χ0) is 16.2. The van der Waals surface area contributed by atoms with Crippen LogP contribution >= 0.6 is 0 Å². The molecule has 0 saturated carbocycles. The Hall–Kier alpha value is -2.56. The fraction of sp³-hybridized carbons (Fsp3) is 0.333. The van der Waals surface area contributed by atoms with E-state index < -0.39 is 0 Å². The summed E-state index contributed by atoms with van der Waals surface area (Å²) in [5.74, 6) is 0. The maximum Gasteiger partial charge on any atom is 0.293 e. The van der Waals surface area contributed by atoms with Gasteiger partial charge in [-0.15, -0.1) is 0 Å². The van der Waals surface area contributed by atoms with Crippen LogP contribution < -0.4 is 10.3 Å². The molecule has 5 heteroatoms. The van der Waals surface area contributed by atoms with Gasteiger partial charge >= 0.3 is 0 Å². The molecule has 1 aromatic carbocycles. The third-order valence-electron chi connectivity index (χ3n) is 4.22. The SMILES string of the molecule is C=C1C=CC(c2ccc(N3CCCC(OC=O)C3)c(C)c2)=NN1. The van der Waals surface area contributed by atoms with Gasteiger partial charge in [-0.25, -0.2) is 0 Å². The summed E-state index contributed by atoms with van der Waals surface area (Å²) in [7, 11) is 0. The molecule has 0 bridgehead atoms. The molecule has 1 aromatic rings. The third kappa shape index (κ3) is 3.44. The smallest absolute Gasteiger partial charge is 0.293 e. The number of ether oxygens (including phenoxy) is 1. The van der Waals surface area contributed by atoms with E-state index in [1.165, 1.54) is 11.3 Å². The van der Waals surface area contributed by atoms with Crippen molar-refractivity contribution in [3.63, 3.8) is 0 Å². The number of piperidine rings is 1. The summed E-state index contributed by atoms with van der Waals surface area (Å²) >= 11 is 0. The van der Waals surface area contributed by atoms with Gasteiger partial charge in [-0.2, -0.15) is 5.10 Å². The molecular formula is C18H21N3O2. The molecule has 0 spiro atoms. The average Bonchev–Trinajstić information content (AvgIpc) is 2.56. The number of rotatable bonds is 4. The van der Waals surface area contributed by atoms with Gasteiger partial charge in [-0.05, 0) is 49.6 Å². The Bertz CT molecular complexity index is 679. The highest BCUT2D eigenvalue weighted by atomic mass is 16.5. The molecule has 23 heavy (non-hydrogen) atoms. The molecule has 3 rings (SSSR count). The second-order valence-corrected chi connectivity index (χ2v) is 5.91. The number of nitrogens with one attached hydrogen (secondary N) is 1. The maximum atomic E-state index is 10.6. The lowest BCUT2D eigenvalue weighted by atomic mass is 10.0. The van der Waals surface area contributed by atoms with Crippen molar-refractivity contribution in [2.75, 3.05) is 18.0 Å². The molecule has 120 valence electrons. The number of hydrogen-bond donors (Lipinski definition) is 1. The van der Waals surface area contributed by atoms with Crippen LogP contribution in [0.5, 0.6) is 0 Å². The first-order valence-electron chi connectivity index (χ1n) is 7.83. The fourth-order valence-corrected chi connectivity index (χ4v) is 3.06. The highest BCUT2D eigenvalue weighted by Crippen LogP contribution is 2.26. The number of carbonyl (C=O) groups is 1. The van der Waals surface area contributed by atoms with Crippen LogP contribution in [0.3, 0.4) is 0 Å². The number of hydrazone groups is 1. The first kappa shape index (κ1) is 15.3. The molecule has 1 saturated heterocycles. The van der Waals surface area contributed by atoms with Crippen LogP contribution in [0, 0.1) is 6.92 Å². The first-order chi connectivity index (χ1) is 11.2. The van der Waals surface area contributed by atoms with Crippen molar-refractivity contribution in [1.29, 1.82) is 0 Å². The van der Waals surface area contributed by atoms with Crippen LogP contribution in [0.4, 0.5) is 5.69 Å². The van der Waals surface area contributed by atoms with Gasteiger partial charge in [-0.1, -0.05) is 12.6 Å². The van der Waals surface area contributed by atoms with Crippen molar-refractivity contribution in [3.8, 4) is 0 Å². The number of aryl methyl sites for hydroxylation is 1. The minimum absolute atomic E-state index is 0.0128. The zero-order valence-corrected chi connectivity index (χ0v) is 13.3. The van der Waals surface area contributed by atoms with E-state index in [1.54, 1.807) is 0 Å². The van der Waals surface area contributed by atoms with Gasteiger partial charge in [0.2, 0.25) is 0 Å². The lowest BCUT2D eigenvalue weighted by Gasteiger charge is -2.34. The Labute approximate surface area is 136 Å². The standard InChI is InChI=1S/C18H21N3O2/c1-13-10-15(17-7-5-14(2)19-20-17)6-8-18(13)21-9-3-4-16(11-21)23-12-22/h5-8,10,12,16,19H,2-4,9,11H2,1H3. The molecule has 1 atom stereocenters. The Morgan fingerprint density at radius 1 is 1.43 bits per heavy atom. The number of benzene rings is 1. The van der Waals surface area contributed by atoms with Crippen molar-refractivity contribution in [2.24, 2.45) is 5.10 Å². The molecule has 1 unspecified atom stereocenters. The van der Waals surface area contributed by atoms with Crippen LogP contribution in [-0.4, -0.2) is 31.4 Å². The van der Waals surface area contributed by atoms with Crippen LogP contribution in [0.1, 0.15) is 24.0 Å². The van der Waals surface area contributed by atoms with Crippen molar-refractivity contribution in [2.45, 2.75) is 25.9 Å². The van der Waals surface area contributed by atoms with E-state index in [0.29, 0.717) is 6.47 Å². The van der Waals surface area contributed by atoms with Crippen LogP contribution in [0.15, 0.2) is 47.7 Å². The van der Waals surface area contributed by atoms with Crippen molar-refractivity contribution in [3.05, 3.63) is 53.8 Å². The van der Waals surface area contributed by atoms with E-state index in [-0.39, 0.29) is 6.10 Å². The topological polar surface area (TPSA) is 53.9 Å². The Morgan fingerprint density at radius 3 is 3.00 bits per heavy atom. The summed E-state index contributed by atoms with van der Waals surface area (Å²) in [5, 5.41) is 4.31. The molecule has 0 aromatic heterocycles. The summed E-state index contributed by atoms with van der Waals surface area (Å²) in [4.78, 5) is 12.8. The van der Waals surface area contributed by atoms with Gasteiger partial charge < -0.3 is 9.64 Å². The summed E-state index contributed by atoms with van der Waals surface area (Å²) < 4.78 is 5.14. The van der Waals surface area contributed by atoms with Gasteiger partial charge in [0, 0.05) is 23.5 Å². The van der Waals surface area contributed by atoms with Gasteiger partial charge in [0.15, 0.2) is 0 Å². The van der Waals surface area contributed by atoms with Gasteiger partial charge in [0.05, 0.1) is 12.3 Å². The van der Waals surface area contributed by atoms with E-state index in [0.717, 1.165) is 42.9 Å². The molecule has 2 heterocycles. The van der Waals surface area contributed by atoms with Gasteiger partial charge in [0.25, 0.3) is 6.47 Å². The van der Waals surface area contributed by atoms with E-state index >= 15 is 0 Å². The lowest BCUT2D eigenvalue weighted by Crippen LogP contribution is -2.39. The van der Waals surface area contributed by atoms with E-state index in [9.17, 15) is 4.79 Å². The van der Waals surface area contributed by atoms with Gasteiger partial charge in [-0.3, -0.25) is 10.2 Å². The predicted molar refractivity (Wildman–Crippen MR) is 91.5 cm³/mol. The second-order valence-electron chi connectivity index (χ2n) is 5.91. The summed E-state index contributed by atoms with van der Waals surface area (Å²) in [6, 6.07) is 6.33. The van der Waals surface area contributed by atoms with Crippen LogP contribution in [-0.2, 0) is 9.53 Å². The highest BCUT2D eigenvalue weighted by Gasteiger charge is 2.22. The summed E-state index contributed by atoms with van der Waals surface area (Å²) in [5.41, 5.74) is 8.02. The molecule has 2 aliphatic heterocycles. The predicted octanol–water partition coefficient (Wildman–Crippen LogP) is 2.51. The van der Waals surface area contributed by atoms with E-state index in [1.807, 2.05) is 12.2 Å². The third-order valence-corrected chi connectivity index (χ3v) is 4.22. The number of carbonyl (C=O) groups excluding carboxylic acids is 1. The fourth-order valence-electron chi connectivity index (χ4n) is 3.06. The minimum Gasteiger partial charge on any atom is -0.463 e. The Balaban J connectivity index is 1.78. The van der Waals surface area contributed by atoms with Crippen molar-refractivity contribution in [1.82, 2.24) is 5.43 Å². The molecule has 5 nitrogen and oxygen atoms in total. The molecule has 1 fully saturated rings. The summed E-state index contributed by atoms with van der Waals surface area (Å²) in [6.45, 7) is 8.20. The van der Waals surface area contributed by atoms with E-state index in [2.05, 4.69) is 47.1 Å². The number of nitrogens with zero attached hydrogens (tertiary/aromatic N) is 2. The number of anilines is 1. The molecule has 0 aliphatic carbocycles. The molecule has 0 amide bonds. The molecule has 0 radical (unpaired) electrons. The van der Waals surface area contributed by atoms with Crippen molar-refractivity contribution < 1.29 is 9.53 Å². The normalized spacial score (nSPS) is 20.7. The molecular weight excluding hydrogens is 290 g/mol. The second kappa shape index (κ2) is 6.69. The average molecular weight is 311 g/mol. The lowest BCUT2D eigenvalue weighted by molar-refractivity contribution is -0.133. The molecule has 1 N–H and O–H groups in total. The minimum atomic E-state index is -0.0128. The number of allylic oxidation sites excluding steroid dienone is 2. The van der Waals surface area contributed by atoms with Gasteiger partial charge in [0.1, 0.15) is 6.10 Å². The largest absolute Gasteiger partial charge is 0.463 e. The Kier molecular flexibility index (Phi) is 4.46. The Morgan fingerprint density at radius 2 is 2.30 bits per heavy atom. The quantitative estimate of drug-likeness (QED) is 0.868. The maximum absolute atomic E-state index is 10.6. The monoisotopic (exact) mass is 311 g/mol. The highest BCUT2D eigenvalue weighted by molar-refractivity contribution is 6.09. The zero-order valence-electron chi connectivity index (χ0n) is 13.3. The number of hydrogen-bond acceptors (Lipinski definition) is 5. The van der Waals surface area contributed by atoms with E-state index in [4.69, 9.17) is 4.74 Å². The van der Waals surface area contributed by atoms with Crippen molar-refractivity contribution >= 4 is 17.9 Å². The van der Waals surface area contributed by atoms with Crippen LogP contribution in [0.2, 0.25) is 0 Å².